The van der Waals surface area contributed by atoms with Gasteiger partial charge in [0, 0.05) is 27.2 Å². The molecule has 0 aromatic heterocycles. The number of rotatable bonds is 7. The lowest BCUT2D eigenvalue weighted by Gasteiger charge is -2.24. The minimum Gasteiger partial charge on any atom is -0.469 e. The van der Waals surface area contributed by atoms with Crippen LogP contribution in [-0.4, -0.2) is 50.7 Å². The second-order valence-corrected chi connectivity index (χ2v) is 6.68. The van der Waals surface area contributed by atoms with Crippen LogP contribution >= 0.6 is 0 Å². The minimum atomic E-state index is -3.72. The van der Waals surface area contributed by atoms with Gasteiger partial charge in [0.1, 0.15) is 5.82 Å². The molecule has 0 unspecified atom stereocenters. The van der Waals surface area contributed by atoms with Crippen LogP contribution in [0.5, 0.6) is 0 Å². The van der Waals surface area contributed by atoms with Crippen molar-refractivity contribution < 1.29 is 22.3 Å². The van der Waals surface area contributed by atoms with Gasteiger partial charge in [-0.1, -0.05) is 12.1 Å². The highest BCUT2D eigenvalue weighted by atomic mass is 32.2. The molecule has 0 spiro atoms. The Morgan fingerprint density at radius 3 is 2.52 bits per heavy atom. The topological polar surface area (TPSA) is 66.9 Å². The molecule has 1 rings (SSSR count). The highest BCUT2D eigenvalue weighted by Gasteiger charge is 2.24. The van der Waals surface area contributed by atoms with Gasteiger partial charge in [-0.15, -0.1) is 0 Å². The standard InChI is InChI=1S/C13H19FN2O4S/c1-15(8-7-13(17)20-3)21(18,19)16(2)10-11-5-4-6-12(14)9-11/h4-6,9H,7-8,10H2,1-3H3. The third-order valence-electron chi connectivity index (χ3n) is 2.94. The van der Waals surface area contributed by atoms with Crippen LogP contribution in [0.25, 0.3) is 0 Å². The summed E-state index contributed by atoms with van der Waals surface area (Å²) in [6, 6.07) is 5.73. The molecule has 0 bridgehead atoms. The first-order valence-electron chi connectivity index (χ1n) is 6.26. The molecule has 1 aromatic rings. The number of hydrogen-bond donors (Lipinski definition) is 0. The molecule has 0 fully saturated rings. The number of ether oxygens (including phenoxy) is 1. The minimum absolute atomic E-state index is 0.0164. The molecule has 6 nitrogen and oxygen atoms in total. The normalized spacial score (nSPS) is 11.9. The van der Waals surface area contributed by atoms with Crippen LogP contribution < -0.4 is 0 Å². The molecule has 0 aliphatic carbocycles. The van der Waals surface area contributed by atoms with Gasteiger partial charge in [-0.3, -0.25) is 4.79 Å². The lowest BCUT2D eigenvalue weighted by molar-refractivity contribution is -0.140. The molecule has 1 aromatic carbocycles. The van der Waals surface area contributed by atoms with E-state index < -0.39 is 22.0 Å². The van der Waals surface area contributed by atoms with E-state index in [9.17, 15) is 17.6 Å². The van der Waals surface area contributed by atoms with Crippen LogP contribution in [0.4, 0.5) is 4.39 Å². The van der Waals surface area contributed by atoms with E-state index in [1.165, 1.54) is 39.4 Å². The van der Waals surface area contributed by atoms with E-state index in [1.807, 2.05) is 0 Å². The third kappa shape index (κ3) is 5.07. The summed E-state index contributed by atoms with van der Waals surface area (Å²) in [5.74, 6) is -0.901. The second kappa shape index (κ2) is 7.48. The van der Waals surface area contributed by atoms with Crippen LogP contribution in [0.3, 0.4) is 0 Å². The number of halogens is 1. The molecule has 0 atom stereocenters. The number of carbonyl (C=O) groups excluding carboxylic acids is 1. The molecule has 0 amide bonds. The van der Waals surface area contributed by atoms with Crippen LogP contribution in [0.15, 0.2) is 24.3 Å². The Bertz CT molecular complexity index is 592. The summed E-state index contributed by atoms with van der Waals surface area (Å²) in [7, 11) is 0.299. The Morgan fingerprint density at radius 1 is 1.29 bits per heavy atom. The van der Waals surface area contributed by atoms with Gasteiger partial charge in [-0.25, -0.2) is 4.39 Å². The third-order valence-corrected chi connectivity index (χ3v) is 4.83. The largest absolute Gasteiger partial charge is 0.469 e. The Morgan fingerprint density at radius 2 is 1.95 bits per heavy atom. The van der Waals surface area contributed by atoms with E-state index in [0.29, 0.717) is 5.56 Å². The number of esters is 1. The number of nitrogens with zero attached hydrogens (tertiary/aromatic N) is 2. The van der Waals surface area contributed by atoms with Gasteiger partial charge in [0.15, 0.2) is 0 Å². The summed E-state index contributed by atoms with van der Waals surface area (Å²) in [5, 5.41) is 0. The van der Waals surface area contributed by atoms with E-state index in [0.717, 1.165) is 8.61 Å². The Kier molecular flexibility index (Phi) is 6.25. The van der Waals surface area contributed by atoms with E-state index >= 15 is 0 Å². The van der Waals surface area contributed by atoms with E-state index in [-0.39, 0.29) is 19.5 Å². The highest BCUT2D eigenvalue weighted by Crippen LogP contribution is 2.11. The monoisotopic (exact) mass is 318 g/mol. The second-order valence-electron chi connectivity index (χ2n) is 4.54. The van der Waals surface area contributed by atoms with E-state index in [2.05, 4.69) is 4.74 Å². The summed E-state index contributed by atoms with van der Waals surface area (Å²) >= 11 is 0. The fourth-order valence-electron chi connectivity index (χ4n) is 1.68. The summed E-state index contributed by atoms with van der Waals surface area (Å²) in [5.41, 5.74) is 0.544. The fourth-order valence-corrected chi connectivity index (χ4v) is 2.79. The quantitative estimate of drug-likeness (QED) is 0.703. The van der Waals surface area contributed by atoms with Gasteiger partial charge < -0.3 is 4.74 Å². The van der Waals surface area contributed by atoms with Crippen molar-refractivity contribution in [3.63, 3.8) is 0 Å². The Hall–Kier alpha value is -1.51. The molecule has 0 aliphatic heterocycles. The molecule has 0 saturated heterocycles. The average molecular weight is 318 g/mol. The van der Waals surface area contributed by atoms with E-state index in [1.54, 1.807) is 6.07 Å². The van der Waals surface area contributed by atoms with Crippen LogP contribution in [-0.2, 0) is 26.3 Å². The Labute approximate surface area is 124 Å². The van der Waals surface area contributed by atoms with Gasteiger partial charge in [0.25, 0.3) is 10.2 Å². The molecule has 0 radical (unpaired) electrons. The highest BCUT2D eigenvalue weighted by molar-refractivity contribution is 7.86. The smallest absolute Gasteiger partial charge is 0.306 e. The van der Waals surface area contributed by atoms with Crippen molar-refractivity contribution in [1.82, 2.24) is 8.61 Å². The van der Waals surface area contributed by atoms with Crippen molar-refractivity contribution in [2.24, 2.45) is 0 Å². The van der Waals surface area contributed by atoms with Gasteiger partial charge in [0.2, 0.25) is 0 Å². The van der Waals surface area contributed by atoms with Crippen molar-refractivity contribution in [3.8, 4) is 0 Å². The predicted molar refractivity (Wildman–Crippen MR) is 76.0 cm³/mol. The molecule has 0 aliphatic rings. The number of methoxy groups -OCH3 is 1. The summed E-state index contributed by atoms with van der Waals surface area (Å²) in [4.78, 5) is 11.0. The van der Waals surface area contributed by atoms with Gasteiger partial charge in [0.05, 0.1) is 13.5 Å². The number of carbonyl (C=O) groups is 1. The molecule has 0 heterocycles. The molecule has 118 valence electrons. The fraction of sp³-hybridized carbons (Fsp3) is 0.462. The molecule has 0 saturated carbocycles. The molecule has 0 N–H and O–H groups in total. The maximum atomic E-state index is 13.1. The zero-order valence-electron chi connectivity index (χ0n) is 12.2. The van der Waals surface area contributed by atoms with E-state index in [4.69, 9.17) is 0 Å². The maximum Gasteiger partial charge on any atom is 0.306 e. The van der Waals surface area contributed by atoms with Crippen molar-refractivity contribution in [2.75, 3.05) is 27.7 Å². The van der Waals surface area contributed by atoms with Crippen molar-refractivity contribution in [2.45, 2.75) is 13.0 Å². The zero-order valence-corrected chi connectivity index (χ0v) is 13.1. The Balaban J connectivity index is 2.70. The summed E-state index contributed by atoms with van der Waals surface area (Å²) < 4.78 is 44.2. The summed E-state index contributed by atoms with van der Waals surface area (Å²) in [6.45, 7) is 0.0607. The van der Waals surface area contributed by atoms with Crippen LogP contribution in [0, 0.1) is 5.82 Å². The van der Waals surface area contributed by atoms with Gasteiger partial charge in [-0.2, -0.15) is 17.0 Å². The molecule has 21 heavy (non-hydrogen) atoms. The lowest BCUT2D eigenvalue weighted by atomic mass is 10.2. The predicted octanol–water partition coefficient (Wildman–Crippen LogP) is 0.997. The van der Waals surface area contributed by atoms with Crippen LogP contribution in [0.1, 0.15) is 12.0 Å². The summed E-state index contributed by atoms with van der Waals surface area (Å²) in [6.07, 6.45) is -0.0277. The lowest BCUT2D eigenvalue weighted by Crippen LogP contribution is -2.40. The van der Waals surface area contributed by atoms with Crippen LogP contribution in [0.2, 0.25) is 0 Å². The number of hydrogen-bond acceptors (Lipinski definition) is 4. The SMILES string of the molecule is COC(=O)CCN(C)S(=O)(=O)N(C)Cc1cccc(F)c1. The number of benzene rings is 1. The first-order valence-corrected chi connectivity index (χ1v) is 7.66. The maximum absolute atomic E-state index is 13.1. The molecule has 8 heteroatoms. The van der Waals surface area contributed by atoms with Crippen molar-refractivity contribution in [1.29, 1.82) is 0 Å². The van der Waals surface area contributed by atoms with Gasteiger partial charge in [-0.05, 0) is 17.7 Å². The van der Waals surface area contributed by atoms with Crippen molar-refractivity contribution in [3.05, 3.63) is 35.6 Å². The first kappa shape index (κ1) is 17.5. The first-order chi connectivity index (χ1) is 9.77. The average Bonchev–Trinajstić information content (AvgIpc) is 2.44. The van der Waals surface area contributed by atoms with Crippen molar-refractivity contribution >= 4 is 16.2 Å². The molecular weight excluding hydrogens is 299 g/mol. The van der Waals surface area contributed by atoms with Gasteiger partial charge >= 0.3 is 5.97 Å². The zero-order chi connectivity index (χ0) is 16.0. The molecular formula is C13H19FN2O4S.